The van der Waals surface area contributed by atoms with E-state index in [1.165, 1.54) is 0 Å². The monoisotopic (exact) mass is 366 g/mol. The number of rotatable bonds is 3. The molecule has 2 N–H and O–H groups in total. The Balaban J connectivity index is 1.54. The summed E-state index contributed by atoms with van der Waals surface area (Å²) >= 11 is 0. The van der Waals surface area contributed by atoms with Gasteiger partial charge in [-0.1, -0.05) is 0 Å². The van der Waals surface area contributed by atoms with Gasteiger partial charge in [-0.2, -0.15) is 5.10 Å². The first-order valence-corrected chi connectivity index (χ1v) is 9.32. The highest BCUT2D eigenvalue weighted by Gasteiger charge is 2.26. The molecule has 7 heteroatoms. The van der Waals surface area contributed by atoms with Crippen molar-refractivity contribution in [2.24, 2.45) is 7.05 Å². The molecule has 7 nitrogen and oxygen atoms in total. The van der Waals surface area contributed by atoms with E-state index in [-0.39, 0.29) is 11.3 Å². The maximum atomic E-state index is 10.4. The second-order valence-corrected chi connectivity index (χ2v) is 8.33. The average molecular weight is 366 g/mol. The van der Waals surface area contributed by atoms with Gasteiger partial charge in [0.05, 0.1) is 11.2 Å². The molecule has 3 aromatic rings. The number of nitrogens with one attached hydrogen (secondary N) is 1. The molecule has 0 aliphatic carbocycles. The fraction of sp³-hybridized carbons (Fsp3) is 0.450. The number of aromatic nitrogens is 4. The highest BCUT2D eigenvalue weighted by molar-refractivity contribution is 5.87. The molecule has 2 aromatic heterocycles. The van der Waals surface area contributed by atoms with Crippen LogP contribution in [0.1, 0.15) is 27.2 Å². The molecule has 1 aliphatic rings. The van der Waals surface area contributed by atoms with E-state index in [2.05, 4.69) is 46.3 Å². The van der Waals surface area contributed by atoms with Crippen molar-refractivity contribution < 1.29 is 5.11 Å². The number of phenolic OH excluding ortho intramolecular Hbond substituents is 1. The highest BCUT2D eigenvalue weighted by atomic mass is 16.3. The van der Waals surface area contributed by atoms with Crippen LogP contribution in [0.15, 0.2) is 30.5 Å². The third-order valence-electron chi connectivity index (χ3n) is 4.81. The molecule has 0 saturated carbocycles. The third-order valence-corrected chi connectivity index (χ3v) is 4.81. The van der Waals surface area contributed by atoms with Gasteiger partial charge in [0.15, 0.2) is 5.82 Å². The first-order valence-electron chi connectivity index (χ1n) is 9.32. The summed E-state index contributed by atoms with van der Waals surface area (Å²) < 4.78 is 1.73. The van der Waals surface area contributed by atoms with E-state index in [1.807, 2.05) is 31.4 Å². The molecule has 4 rings (SSSR count). The molecule has 0 unspecified atom stereocenters. The van der Waals surface area contributed by atoms with Crippen LogP contribution in [0.2, 0.25) is 0 Å². The van der Waals surface area contributed by atoms with Crippen molar-refractivity contribution in [3.05, 3.63) is 30.5 Å². The molecule has 1 aromatic carbocycles. The van der Waals surface area contributed by atoms with Crippen LogP contribution in [0.3, 0.4) is 0 Å². The lowest BCUT2D eigenvalue weighted by Crippen LogP contribution is -2.45. The summed E-state index contributed by atoms with van der Waals surface area (Å²) in [5.74, 6) is 1.04. The van der Waals surface area contributed by atoms with Gasteiger partial charge in [0.1, 0.15) is 5.75 Å². The van der Waals surface area contributed by atoms with Gasteiger partial charge in [-0.3, -0.25) is 4.68 Å². The van der Waals surface area contributed by atoms with Crippen molar-refractivity contribution in [3.8, 4) is 17.0 Å². The van der Waals surface area contributed by atoms with Crippen molar-refractivity contribution in [2.75, 3.05) is 18.0 Å². The Morgan fingerprint density at radius 1 is 1.19 bits per heavy atom. The summed E-state index contributed by atoms with van der Waals surface area (Å²) in [6.45, 7) is 8.47. The minimum atomic E-state index is 0.110. The molecule has 0 bridgehead atoms. The van der Waals surface area contributed by atoms with Gasteiger partial charge in [-0.25, -0.2) is 0 Å². The molecule has 1 aliphatic heterocycles. The van der Waals surface area contributed by atoms with E-state index in [4.69, 9.17) is 0 Å². The van der Waals surface area contributed by atoms with Crippen LogP contribution in [-0.2, 0) is 7.05 Å². The molecule has 0 spiro atoms. The van der Waals surface area contributed by atoms with Crippen LogP contribution >= 0.6 is 0 Å². The average Bonchev–Trinajstić information content (AvgIpc) is 3.18. The third kappa shape index (κ3) is 3.73. The van der Waals surface area contributed by atoms with Crippen molar-refractivity contribution in [3.63, 3.8) is 0 Å². The van der Waals surface area contributed by atoms with E-state index in [0.717, 1.165) is 36.2 Å². The zero-order valence-electron chi connectivity index (χ0n) is 16.3. The molecule has 27 heavy (non-hydrogen) atoms. The van der Waals surface area contributed by atoms with Crippen LogP contribution in [0, 0.1) is 0 Å². The first kappa shape index (κ1) is 17.7. The molecule has 1 fully saturated rings. The van der Waals surface area contributed by atoms with Crippen LogP contribution < -0.4 is 10.2 Å². The van der Waals surface area contributed by atoms with Crippen LogP contribution in [-0.4, -0.2) is 49.8 Å². The maximum absolute atomic E-state index is 10.4. The van der Waals surface area contributed by atoms with Crippen molar-refractivity contribution >= 4 is 16.7 Å². The molecule has 0 radical (unpaired) electrons. The number of hydrogen-bond donors (Lipinski definition) is 2. The number of aromatic hydroxyl groups is 1. The normalized spacial score (nSPS) is 17.8. The van der Waals surface area contributed by atoms with E-state index in [9.17, 15) is 5.11 Å². The fourth-order valence-corrected chi connectivity index (χ4v) is 3.73. The Morgan fingerprint density at radius 2 is 2.00 bits per heavy atom. The number of phenols is 1. The zero-order chi connectivity index (χ0) is 19.2. The highest BCUT2D eigenvalue weighted by Crippen LogP contribution is 2.32. The van der Waals surface area contributed by atoms with Gasteiger partial charge in [0, 0.05) is 54.9 Å². The lowest BCUT2D eigenvalue weighted by atomic mass is 10.1. The lowest BCUT2D eigenvalue weighted by Gasteiger charge is -2.26. The SMILES string of the molecule is Cn1cc2cc(-c3ccc(N4CC[C@@H](NC(C)(C)C)C4)nn3)c(O)cc2n1. The number of anilines is 1. The Labute approximate surface area is 159 Å². The second kappa shape index (κ2) is 6.49. The molecule has 1 atom stereocenters. The first-order chi connectivity index (χ1) is 12.8. The summed E-state index contributed by atoms with van der Waals surface area (Å²) in [4.78, 5) is 2.25. The smallest absolute Gasteiger partial charge is 0.151 e. The summed E-state index contributed by atoms with van der Waals surface area (Å²) in [5.41, 5.74) is 2.20. The number of aryl methyl sites for hydroxylation is 1. The van der Waals surface area contributed by atoms with E-state index < -0.39 is 0 Å². The van der Waals surface area contributed by atoms with Gasteiger partial charge in [0.2, 0.25) is 0 Å². The minimum Gasteiger partial charge on any atom is -0.507 e. The van der Waals surface area contributed by atoms with Gasteiger partial charge >= 0.3 is 0 Å². The maximum Gasteiger partial charge on any atom is 0.151 e. The number of benzene rings is 1. The lowest BCUT2D eigenvalue weighted by molar-refractivity contribution is 0.373. The number of nitrogens with zero attached hydrogens (tertiary/aromatic N) is 5. The standard InChI is InChI=1S/C20H26N6O/c1-20(2,3)21-14-7-8-26(12-14)19-6-5-16(22-23-19)15-9-13-11-25(4)24-17(13)10-18(15)27/h5-6,9-11,14,21,27H,7-8,12H2,1-4H3/t14-/m1/s1. The van der Waals surface area contributed by atoms with E-state index >= 15 is 0 Å². The van der Waals surface area contributed by atoms with Gasteiger partial charge in [-0.05, 0) is 45.4 Å². The van der Waals surface area contributed by atoms with Crippen LogP contribution in [0.4, 0.5) is 5.82 Å². The Hall–Kier alpha value is -2.67. The van der Waals surface area contributed by atoms with Crippen LogP contribution in [0.25, 0.3) is 22.2 Å². The summed E-state index contributed by atoms with van der Waals surface area (Å²) in [6, 6.07) is 7.94. The topological polar surface area (TPSA) is 79.1 Å². The number of fused-ring (bicyclic) bond motifs is 1. The van der Waals surface area contributed by atoms with Gasteiger partial charge in [-0.15, -0.1) is 10.2 Å². The van der Waals surface area contributed by atoms with Gasteiger partial charge < -0.3 is 15.3 Å². The van der Waals surface area contributed by atoms with E-state index in [0.29, 0.717) is 17.3 Å². The molecular weight excluding hydrogens is 340 g/mol. The second-order valence-electron chi connectivity index (χ2n) is 8.33. The summed E-state index contributed by atoms with van der Waals surface area (Å²) in [7, 11) is 1.86. The largest absolute Gasteiger partial charge is 0.507 e. The predicted molar refractivity (Wildman–Crippen MR) is 107 cm³/mol. The quantitative estimate of drug-likeness (QED) is 0.742. The summed E-state index contributed by atoms with van der Waals surface area (Å²) in [5, 5.41) is 28.1. The Bertz CT molecular complexity index is 957. The predicted octanol–water partition coefficient (Wildman–Crippen LogP) is 2.70. The Morgan fingerprint density at radius 3 is 2.70 bits per heavy atom. The fourth-order valence-electron chi connectivity index (χ4n) is 3.73. The molecule has 1 saturated heterocycles. The van der Waals surface area contributed by atoms with Crippen LogP contribution in [0.5, 0.6) is 5.75 Å². The molecule has 0 amide bonds. The van der Waals surface area contributed by atoms with Crippen molar-refractivity contribution in [2.45, 2.75) is 38.8 Å². The number of hydrogen-bond acceptors (Lipinski definition) is 6. The summed E-state index contributed by atoms with van der Waals surface area (Å²) in [6.07, 6.45) is 3.02. The molecule has 3 heterocycles. The van der Waals surface area contributed by atoms with Gasteiger partial charge in [0.25, 0.3) is 0 Å². The molecular formula is C20H26N6O. The Kier molecular flexibility index (Phi) is 4.26. The van der Waals surface area contributed by atoms with Crippen molar-refractivity contribution in [1.29, 1.82) is 0 Å². The molecule has 142 valence electrons. The minimum absolute atomic E-state index is 0.110. The van der Waals surface area contributed by atoms with Crippen molar-refractivity contribution in [1.82, 2.24) is 25.3 Å². The zero-order valence-corrected chi connectivity index (χ0v) is 16.3. The van der Waals surface area contributed by atoms with E-state index in [1.54, 1.807) is 10.7 Å².